The zero-order valence-electron chi connectivity index (χ0n) is 11.3. The molecule has 0 bridgehead atoms. The number of nitrogens with one attached hydrogen (secondary N) is 1. The van der Waals surface area contributed by atoms with Crippen molar-refractivity contribution in [1.29, 1.82) is 0 Å². The number of aromatic nitrogens is 1. The first-order valence-electron chi connectivity index (χ1n) is 6.56. The second kappa shape index (κ2) is 5.05. The van der Waals surface area contributed by atoms with E-state index in [2.05, 4.69) is 48.1 Å². The van der Waals surface area contributed by atoms with Gasteiger partial charge in [-0.05, 0) is 39.3 Å². The molecule has 3 nitrogen and oxygen atoms in total. The van der Waals surface area contributed by atoms with Crippen LogP contribution in [0.25, 0.3) is 0 Å². The van der Waals surface area contributed by atoms with Crippen LogP contribution in [0.5, 0.6) is 0 Å². The minimum Gasteiger partial charge on any atom is -0.365 e. The van der Waals surface area contributed by atoms with E-state index in [0.717, 1.165) is 24.5 Å². The van der Waals surface area contributed by atoms with E-state index >= 15 is 0 Å². The van der Waals surface area contributed by atoms with Gasteiger partial charge in [0.1, 0.15) is 0 Å². The number of nitrogens with zero attached hydrogens (tertiary/aromatic N) is 2. The van der Waals surface area contributed by atoms with Gasteiger partial charge < -0.3 is 10.2 Å². The zero-order valence-corrected chi connectivity index (χ0v) is 11.3. The minimum atomic E-state index is 0.543. The largest absolute Gasteiger partial charge is 0.365 e. The van der Waals surface area contributed by atoms with E-state index < -0.39 is 0 Å². The Morgan fingerprint density at radius 2 is 2.18 bits per heavy atom. The topological polar surface area (TPSA) is 28.2 Å². The summed E-state index contributed by atoms with van der Waals surface area (Å²) in [5, 5.41) is 3.59. The van der Waals surface area contributed by atoms with E-state index in [1.54, 1.807) is 0 Å². The lowest BCUT2D eigenvalue weighted by atomic mass is 10.1. The highest BCUT2D eigenvalue weighted by Gasteiger charge is 2.25. The smallest absolute Gasteiger partial charge is 0.0609 e. The highest BCUT2D eigenvalue weighted by Crippen LogP contribution is 2.23. The molecule has 1 aromatic rings. The molecule has 17 heavy (non-hydrogen) atoms. The lowest BCUT2D eigenvalue weighted by Crippen LogP contribution is -2.55. The van der Waals surface area contributed by atoms with Crippen molar-refractivity contribution >= 4 is 5.69 Å². The van der Waals surface area contributed by atoms with Gasteiger partial charge in [0.05, 0.1) is 11.4 Å². The number of anilines is 1. The van der Waals surface area contributed by atoms with Crippen LogP contribution in [-0.4, -0.2) is 30.2 Å². The highest BCUT2D eigenvalue weighted by atomic mass is 15.2. The van der Waals surface area contributed by atoms with Crippen LogP contribution >= 0.6 is 0 Å². The van der Waals surface area contributed by atoms with Crippen LogP contribution in [-0.2, 0) is 0 Å². The van der Waals surface area contributed by atoms with Crippen LogP contribution in [0.15, 0.2) is 12.1 Å². The molecule has 1 aromatic heterocycles. The van der Waals surface area contributed by atoms with E-state index in [0.29, 0.717) is 12.1 Å². The lowest BCUT2D eigenvalue weighted by molar-refractivity contribution is 0.397. The molecule has 2 atom stereocenters. The second-order valence-corrected chi connectivity index (χ2v) is 5.07. The first-order valence-corrected chi connectivity index (χ1v) is 6.56. The number of aryl methyl sites for hydroxylation is 2. The third-order valence-corrected chi connectivity index (χ3v) is 3.65. The Labute approximate surface area is 104 Å². The molecule has 1 fully saturated rings. The molecule has 94 valence electrons. The van der Waals surface area contributed by atoms with Crippen molar-refractivity contribution in [2.24, 2.45) is 0 Å². The van der Waals surface area contributed by atoms with Crippen LogP contribution in [0, 0.1) is 13.8 Å². The highest BCUT2D eigenvalue weighted by molar-refractivity contribution is 5.52. The Morgan fingerprint density at radius 1 is 1.41 bits per heavy atom. The molecule has 1 aliphatic heterocycles. The minimum absolute atomic E-state index is 0.543. The van der Waals surface area contributed by atoms with Gasteiger partial charge in [0.25, 0.3) is 0 Å². The average molecular weight is 233 g/mol. The van der Waals surface area contributed by atoms with Crippen molar-refractivity contribution in [2.45, 2.75) is 46.2 Å². The van der Waals surface area contributed by atoms with E-state index in [1.807, 2.05) is 6.92 Å². The molecule has 2 rings (SSSR count). The predicted molar refractivity (Wildman–Crippen MR) is 72.6 cm³/mol. The van der Waals surface area contributed by atoms with Crippen LogP contribution in [0.3, 0.4) is 0 Å². The van der Waals surface area contributed by atoms with Crippen molar-refractivity contribution < 1.29 is 0 Å². The van der Waals surface area contributed by atoms with E-state index in [4.69, 9.17) is 0 Å². The SMILES string of the molecule is CCC1CN(c2ccc(C)nc2C)C(C)CN1. The molecule has 1 N–H and O–H groups in total. The molecule has 0 radical (unpaired) electrons. The van der Waals surface area contributed by atoms with Crippen LogP contribution in [0.2, 0.25) is 0 Å². The molecular weight excluding hydrogens is 210 g/mol. The maximum Gasteiger partial charge on any atom is 0.0609 e. The summed E-state index contributed by atoms with van der Waals surface area (Å²) in [7, 11) is 0. The van der Waals surface area contributed by atoms with Crippen molar-refractivity contribution in [1.82, 2.24) is 10.3 Å². The number of pyridine rings is 1. The third kappa shape index (κ3) is 2.60. The zero-order chi connectivity index (χ0) is 12.4. The fourth-order valence-corrected chi connectivity index (χ4v) is 2.52. The first kappa shape index (κ1) is 12.4. The standard InChI is InChI=1S/C14H23N3/c1-5-13-9-17(11(3)8-15-13)14-7-6-10(2)16-12(14)4/h6-7,11,13,15H,5,8-9H2,1-4H3. The van der Waals surface area contributed by atoms with Gasteiger partial charge in [0, 0.05) is 30.9 Å². The van der Waals surface area contributed by atoms with E-state index in [-0.39, 0.29) is 0 Å². The number of hydrogen-bond donors (Lipinski definition) is 1. The summed E-state index contributed by atoms with van der Waals surface area (Å²) in [5.41, 5.74) is 3.54. The van der Waals surface area contributed by atoms with Crippen molar-refractivity contribution in [2.75, 3.05) is 18.0 Å². The van der Waals surface area contributed by atoms with E-state index in [1.165, 1.54) is 12.1 Å². The lowest BCUT2D eigenvalue weighted by Gasteiger charge is -2.40. The molecule has 0 amide bonds. The monoisotopic (exact) mass is 233 g/mol. The van der Waals surface area contributed by atoms with Gasteiger partial charge in [-0.1, -0.05) is 6.92 Å². The summed E-state index contributed by atoms with van der Waals surface area (Å²) in [6, 6.07) is 5.47. The molecular formula is C14H23N3. The molecule has 0 aromatic carbocycles. The molecule has 0 saturated carbocycles. The van der Waals surface area contributed by atoms with Crippen molar-refractivity contribution in [3.8, 4) is 0 Å². The summed E-state index contributed by atoms with van der Waals surface area (Å²) in [5.74, 6) is 0. The summed E-state index contributed by atoms with van der Waals surface area (Å²) in [4.78, 5) is 7.06. The van der Waals surface area contributed by atoms with Crippen LogP contribution < -0.4 is 10.2 Å². The Bertz CT molecular complexity index is 389. The Kier molecular flexibility index (Phi) is 3.67. The number of hydrogen-bond acceptors (Lipinski definition) is 3. The molecule has 2 unspecified atom stereocenters. The van der Waals surface area contributed by atoms with Crippen LogP contribution in [0.4, 0.5) is 5.69 Å². The molecule has 1 aliphatic rings. The quantitative estimate of drug-likeness (QED) is 0.849. The van der Waals surface area contributed by atoms with Crippen molar-refractivity contribution in [3.63, 3.8) is 0 Å². The van der Waals surface area contributed by atoms with Gasteiger partial charge in [-0.25, -0.2) is 0 Å². The average Bonchev–Trinajstić information content (AvgIpc) is 2.30. The third-order valence-electron chi connectivity index (χ3n) is 3.65. The molecule has 2 heterocycles. The Morgan fingerprint density at radius 3 is 2.82 bits per heavy atom. The van der Waals surface area contributed by atoms with Gasteiger partial charge in [0.2, 0.25) is 0 Å². The summed E-state index contributed by atoms with van der Waals surface area (Å²) < 4.78 is 0. The molecule has 1 saturated heterocycles. The number of rotatable bonds is 2. The maximum absolute atomic E-state index is 4.57. The molecule has 0 aliphatic carbocycles. The maximum atomic E-state index is 4.57. The van der Waals surface area contributed by atoms with Crippen LogP contribution in [0.1, 0.15) is 31.7 Å². The normalized spacial score (nSPS) is 25.1. The van der Waals surface area contributed by atoms with Gasteiger partial charge in [-0.3, -0.25) is 4.98 Å². The number of piperazine rings is 1. The van der Waals surface area contributed by atoms with Gasteiger partial charge >= 0.3 is 0 Å². The fourth-order valence-electron chi connectivity index (χ4n) is 2.52. The summed E-state index contributed by atoms with van der Waals surface area (Å²) in [6.45, 7) is 10.8. The summed E-state index contributed by atoms with van der Waals surface area (Å²) >= 11 is 0. The molecule has 3 heteroatoms. The Balaban J connectivity index is 2.24. The van der Waals surface area contributed by atoms with Gasteiger partial charge in [-0.2, -0.15) is 0 Å². The summed E-state index contributed by atoms with van der Waals surface area (Å²) in [6.07, 6.45) is 1.18. The Hall–Kier alpha value is -1.09. The first-order chi connectivity index (χ1) is 8.11. The predicted octanol–water partition coefficient (Wildman–Crippen LogP) is 2.28. The fraction of sp³-hybridized carbons (Fsp3) is 0.643. The molecule has 0 spiro atoms. The van der Waals surface area contributed by atoms with Gasteiger partial charge in [-0.15, -0.1) is 0 Å². The second-order valence-electron chi connectivity index (χ2n) is 5.07. The van der Waals surface area contributed by atoms with E-state index in [9.17, 15) is 0 Å². The van der Waals surface area contributed by atoms with Crippen molar-refractivity contribution in [3.05, 3.63) is 23.5 Å². The van der Waals surface area contributed by atoms with Gasteiger partial charge in [0.15, 0.2) is 0 Å².